The van der Waals surface area contributed by atoms with Gasteiger partial charge < -0.3 is 5.32 Å². The number of nitrogens with zero attached hydrogens (tertiary/aromatic N) is 1. The van der Waals surface area contributed by atoms with E-state index in [0.29, 0.717) is 29.1 Å². The van der Waals surface area contributed by atoms with Crippen LogP contribution < -0.4 is 5.32 Å². The number of likely N-dealkylation sites (N-methyl/N-ethyl adjacent to an activating group) is 1. The van der Waals surface area contributed by atoms with E-state index in [-0.39, 0.29) is 11.9 Å². The Morgan fingerprint density at radius 1 is 1.25 bits per heavy atom. The van der Waals surface area contributed by atoms with Gasteiger partial charge in [-0.25, -0.2) is 8.78 Å². The van der Waals surface area contributed by atoms with E-state index in [2.05, 4.69) is 10.3 Å². The summed E-state index contributed by atoms with van der Waals surface area (Å²) in [6.07, 6.45) is 3.01. The summed E-state index contributed by atoms with van der Waals surface area (Å²) in [7, 11) is 0. The largest absolute Gasteiger partial charge is 0.310 e. The van der Waals surface area contributed by atoms with E-state index in [1.165, 1.54) is 18.3 Å². The number of hydrogen-bond acceptors (Lipinski definition) is 2. The van der Waals surface area contributed by atoms with E-state index in [9.17, 15) is 8.78 Å². The molecule has 1 heterocycles. The molecule has 1 aromatic carbocycles. The van der Waals surface area contributed by atoms with Gasteiger partial charge >= 0.3 is 0 Å². The van der Waals surface area contributed by atoms with Crippen molar-refractivity contribution in [3.63, 3.8) is 0 Å². The Bertz CT molecular complexity index is 590. The molecule has 0 aliphatic heterocycles. The van der Waals surface area contributed by atoms with E-state index in [1.807, 2.05) is 6.92 Å². The number of halogens is 3. The number of rotatable bonds is 5. The molecule has 1 N–H and O–H groups in total. The van der Waals surface area contributed by atoms with Crippen molar-refractivity contribution < 1.29 is 8.78 Å². The number of hydrogen-bond donors (Lipinski definition) is 1. The third kappa shape index (κ3) is 3.52. The van der Waals surface area contributed by atoms with Crippen LogP contribution in [0.15, 0.2) is 36.7 Å². The predicted molar refractivity (Wildman–Crippen MR) is 75.7 cm³/mol. The summed E-state index contributed by atoms with van der Waals surface area (Å²) in [6.45, 7) is 2.56. The van der Waals surface area contributed by atoms with Gasteiger partial charge in [0.15, 0.2) is 0 Å². The van der Waals surface area contributed by atoms with Gasteiger partial charge in [-0.15, -0.1) is 0 Å². The number of aromatic nitrogens is 1. The third-order valence-corrected chi connectivity index (χ3v) is 3.30. The Morgan fingerprint density at radius 2 is 2.05 bits per heavy atom. The highest BCUT2D eigenvalue weighted by atomic mass is 35.5. The summed E-state index contributed by atoms with van der Waals surface area (Å²) in [6, 6.07) is 5.67. The first-order chi connectivity index (χ1) is 9.61. The highest BCUT2D eigenvalue weighted by Crippen LogP contribution is 2.24. The van der Waals surface area contributed by atoms with E-state index in [0.717, 1.165) is 6.20 Å². The van der Waals surface area contributed by atoms with Crippen LogP contribution in [0.3, 0.4) is 0 Å². The molecular formula is C15H15ClF2N2. The van der Waals surface area contributed by atoms with Crippen LogP contribution in [-0.4, -0.2) is 11.5 Å². The molecule has 0 amide bonds. The first kappa shape index (κ1) is 14.9. The van der Waals surface area contributed by atoms with Gasteiger partial charge in [0.1, 0.15) is 11.6 Å². The monoisotopic (exact) mass is 296 g/mol. The van der Waals surface area contributed by atoms with Crippen LogP contribution in [0.4, 0.5) is 8.78 Å². The lowest BCUT2D eigenvalue weighted by atomic mass is 9.99. The van der Waals surface area contributed by atoms with Crippen molar-refractivity contribution in [1.82, 2.24) is 10.3 Å². The molecular weight excluding hydrogens is 282 g/mol. The van der Waals surface area contributed by atoms with E-state index < -0.39 is 5.82 Å². The summed E-state index contributed by atoms with van der Waals surface area (Å²) >= 11 is 5.88. The molecule has 1 unspecified atom stereocenters. The Labute approximate surface area is 121 Å². The molecule has 0 bridgehead atoms. The fraction of sp³-hybridized carbons (Fsp3) is 0.267. The maximum absolute atomic E-state index is 13.8. The quantitative estimate of drug-likeness (QED) is 0.905. The van der Waals surface area contributed by atoms with E-state index in [1.54, 1.807) is 12.1 Å². The average molecular weight is 297 g/mol. The van der Waals surface area contributed by atoms with Gasteiger partial charge in [0.05, 0.1) is 6.20 Å². The topological polar surface area (TPSA) is 24.9 Å². The van der Waals surface area contributed by atoms with Crippen molar-refractivity contribution >= 4 is 11.6 Å². The molecule has 0 aliphatic carbocycles. The minimum atomic E-state index is -0.402. The molecule has 2 rings (SSSR count). The minimum absolute atomic E-state index is 0.321. The minimum Gasteiger partial charge on any atom is -0.310 e. The molecule has 1 aromatic heterocycles. The second-order valence-electron chi connectivity index (χ2n) is 4.45. The van der Waals surface area contributed by atoms with Gasteiger partial charge in [0.25, 0.3) is 0 Å². The van der Waals surface area contributed by atoms with Crippen molar-refractivity contribution in [1.29, 1.82) is 0 Å². The molecule has 0 saturated carbocycles. The second kappa shape index (κ2) is 6.77. The Morgan fingerprint density at radius 3 is 2.75 bits per heavy atom. The zero-order valence-corrected chi connectivity index (χ0v) is 11.8. The smallest absolute Gasteiger partial charge is 0.146 e. The molecule has 5 heteroatoms. The van der Waals surface area contributed by atoms with Crippen LogP contribution in [0.25, 0.3) is 0 Å². The van der Waals surface area contributed by atoms with Crippen molar-refractivity contribution in [2.45, 2.75) is 19.4 Å². The molecule has 1 atom stereocenters. The van der Waals surface area contributed by atoms with Gasteiger partial charge in [-0.05, 0) is 42.8 Å². The zero-order valence-electron chi connectivity index (χ0n) is 11.0. The first-order valence-corrected chi connectivity index (χ1v) is 6.76. The fourth-order valence-corrected chi connectivity index (χ4v) is 2.32. The zero-order chi connectivity index (χ0) is 14.5. The molecule has 0 radical (unpaired) electrons. The molecule has 20 heavy (non-hydrogen) atoms. The lowest BCUT2D eigenvalue weighted by Crippen LogP contribution is -2.24. The Kier molecular flexibility index (Phi) is 5.04. The van der Waals surface area contributed by atoms with Gasteiger partial charge in [-0.3, -0.25) is 4.98 Å². The molecule has 2 nitrogen and oxygen atoms in total. The van der Waals surface area contributed by atoms with Gasteiger partial charge in [0, 0.05) is 22.8 Å². The summed E-state index contributed by atoms with van der Waals surface area (Å²) in [4.78, 5) is 3.73. The van der Waals surface area contributed by atoms with Crippen molar-refractivity contribution in [2.24, 2.45) is 0 Å². The summed E-state index contributed by atoms with van der Waals surface area (Å²) in [5.74, 6) is -0.743. The molecule has 0 spiro atoms. The molecule has 2 aromatic rings. The SMILES string of the molecule is CCNC(Cc1cc(Cl)ccc1F)c1ccncc1F. The standard InChI is InChI=1S/C15H15ClF2N2/c1-2-20-15(12-5-6-19-9-14(12)18)8-10-7-11(16)3-4-13(10)17/h3-7,9,15,20H,2,8H2,1H3. The van der Waals surface area contributed by atoms with Crippen LogP contribution in [0, 0.1) is 11.6 Å². The van der Waals surface area contributed by atoms with Crippen LogP contribution >= 0.6 is 11.6 Å². The predicted octanol–water partition coefficient (Wildman–Crippen LogP) is 3.91. The van der Waals surface area contributed by atoms with E-state index in [4.69, 9.17) is 11.6 Å². The maximum atomic E-state index is 13.8. The number of benzene rings is 1. The lowest BCUT2D eigenvalue weighted by molar-refractivity contribution is 0.496. The van der Waals surface area contributed by atoms with Crippen LogP contribution in [-0.2, 0) is 6.42 Å². The Balaban J connectivity index is 2.30. The molecule has 106 valence electrons. The van der Waals surface area contributed by atoms with Crippen molar-refractivity contribution in [3.05, 3.63) is 64.4 Å². The lowest BCUT2D eigenvalue weighted by Gasteiger charge is -2.19. The normalized spacial score (nSPS) is 12.4. The van der Waals surface area contributed by atoms with Crippen LogP contribution in [0.5, 0.6) is 0 Å². The van der Waals surface area contributed by atoms with Gasteiger partial charge in [-0.2, -0.15) is 0 Å². The van der Waals surface area contributed by atoms with E-state index >= 15 is 0 Å². The fourth-order valence-electron chi connectivity index (χ4n) is 2.13. The highest BCUT2D eigenvalue weighted by molar-refractivity contribution is 6.30. The third-order valence-electron chi connectivity index (χ3n) is 3.06. The van der Waals surface area contributed by atoms with Crippen LogP contribution in [0.2, 0.25) is 5.02 Å². The average Bonchev–Trinajstić information content (AvgIpc) is 2.43. The Hall–Kier alpha value is -1.52. The highest BCUT2D eigenvalue weighted by Gasteiger charge is 2.17. The molecule has 0 aliphatic rings. The van der Waals surface area contributed by atoms with Crippen molar-refractivity contribution in [2.75, 3.05) is 6.54 Å². The first-order valence-electron chi connectivity index (χ1n) is 6.38. The number of nitrogens with one attached hydrogen (secondary N) is 1. The van der Waals surface area contributed by atoms with Gasteiger partial charge in [0.2, 0.25) is 0 Å². The summed E-state index contributed by atoms with van der Waals surface area (Å²) in [5.41, 5.74) is 0.931. The summed E-state index contributed by atoms with van der Waals surface area (Å²) in [5, 5.41) is 3.62. The number of pyridine rings is 1. The second-order valence-corrected chi connectivity index (χ2v) is 4.88. The molecule has 0 saturated heterocycles. The van der Waals surface area contributed by atoms with Crippen molar-refractivity contribution in [3.8, 4) is 0 Å². The van der Waals surface area contributed by atoms with Gasteiger partial charge in [-0.1, -0.05) is 18.5 Å². The van der Waals surface area contributed by atoms with Crippen LogP contribution in [0.1, 0.15) is 24.1 Å². The molecule has 0 fully saturated rings. The summed E-state index contributed by atoms with van der Waals surface area (Å²) < 4.78 is 27.6. The maximum Gasteiger partial charge on any atom is 0.146 e.